The van der Waals surface area contributed by atoms with Crippen LogP contribution in [0.25, 0.3) is 0 Å². The van der Waals surface area contributed by atoms with Gasteiger partial charge in [0.1, 0.15) is 0 Å². The Morgan fingerprint density at radius 2 is 1.48 bits per heavy atom. The van der Waals surface area contributed by atoms with Gasteiger partial charge >= 0.3 is 0 Å². The number of rotatable bonds is 3. The molecule has 2 aromatic rings. The van der Waals surface area contributed by atoms with E-state index in [-0.39, 0.29) is 0 Å². The molecule has 1 aliphatic heterocycles. The Bertz CT molecular complexity index is 671. The Morgan fingerprint density at radius 1 is 0.760 bits per heavy atom. The van der Waals surface area contributed by atoms with Gasteiger partial charge in [-0.05, 0) is 55.4 Å². The zero-order chi connectivity index (χ0) is 17.1. The van der Waals surface area contributed by atoms with Gasteiger partial charge in [-0.1, -0.05) is 48.0 Å². The summed E-state index contributed by atoms with van der Waals surface area (Å²) in [6.07, 6.45) is 5.36. The summed E-state index contributed by atoms with van der Waals surface area (Å²) in [6, 6.07) is 20.1. The van der Waals surface area contributed by atoms with Gasteiger partial charge in [-0.15, -0.1) is 0 Å². The normalized spacial score (nSPS) is 25.1. The maximum absolute atomic E-state index is 6.14. The lowest BCUT2D eigenvalue weighted by molar-refractivity contribution is 0.141. The van der Waals surface area contributed by atoms with Crippen LogP contribution in [0, 0.1) is 0 Å². The molecule has 4 rings (SSSR count). The molecule has 2 fully saturated rings. The van der Waals surface area contributed by atoms with Gasteiger partial charge in [0, 0.05) is 42.9 Å². The van der Waals surface area contributed by atoms with Crippen molar-refractivity contribution in [1.29, 1.82) is 0 Å². The van der Waals surface area contributed by atoms with Crippen molar-refractivity contribution in [2.24, 2.45) is 0 Å². The molecule has 0 bridgehead atoms. The first kappa shape index (κ1) is 16.9. The molecule has 0 amide bonds. The molecule has 1 saturated carbocycles. The topological polar surface area (TPSA) is 6.48 Å². The second-order valence-corrected chi connectivity index (χ2v) is 7.86. The number of anilines is 1. The number of piperazine rings is 1. The highest BCUT2D eigenvalue weighted by molar-refractivity contribution is 6.30. The van der Waals surface area contributed by atoms with Crippen molar-refractivity contribution in [1.82, 2.24) is 4.90 Å². The van der Waals surface area contributed by atoms with Crippen LogP contribution < -0.4 is 4.90 Å². The molecule has 2 nitrogen and oxygen atoms in total. The minimum absolute atomic E-state index is 0.769. The largest absolute Gasteiger partial charge is 0.369 e. The summed E-state index contributed by atoms with van der Waals surface area (Å²) in [5, 5.41) is 0.833. The van der Waals surface area contributed by atoms with E-state index in [0.29, 0.717) is 0 Å². The Labute approximate surface area is 156 Å². The van der Waals surface area contributed by atoms with Crippen molar-refractivity contribution in [3.8, 4) is 0 Å². The first-order valence-electron chi connectivity index (χ1n) is 9.59. The van der Waals surface area contributed by atoms with Crippen LogP contribution in [-0.4, -0.2) is 37.1 Å². The summed E-state index contributed by atoms with van der Waals surface area (Å²) in [6.45, 7) is 4.57. The first-order chi connectivity index (χ1) is 12.3. The van der Waals surface area contributed by atoms with Crippen molar-refractivity contribution < 1.29 is 0 Å². The molecule has 25 heavy (non-hydrogen) atoms. The van der Waals surface area contributed by atoms with E-state index in [1.807, 2.05) is 6.07 Å². The average molecular weight is 355 g/mol. The zero-order valence-electron chi connectivity index (χ0n) is 14.8. The third-order valence-corrected chi connectivity index (χ3v) is 6.21. The van der Waals surface area contributed by atoms with Crippen molar-refractivity contribution in [2.45, 2.75) is 37.6 Å². The Kier molecular flexibility index (Phi) is 5.28. The minimum Gasteiger partial charge on any atom is -0.369 e. The van der Waals surface area contributed by atoms with Gasteiger partial charge in [-0.3, -0.25) is 4.90 Å². The molecule has 0 aromatic heterocycles. The summed E-state index contributed by atoms with van der Waals surface area (Å²) in [4.78, 5) is 5.19. The summed E-state index contributed by atoms with van der Waals surface area (Å²) >= 11 is 6.14. The van der Waals surface area contributed by atoms with E-state index in [0.717, 1.165) is 30.1 Å². The minimum atomic E-state index is 0.769. The fourth-order valence-corrected chi connectivity index (χ4v) is 4.70. The van der Waals surface area contributed by atoms with Crippen LogP contribution in [-0.2, 0) is 0 Å². The second-order valence-electron chi connectivity index (χ2n) is 7.42. The molecule has 1 heterocycles. The number of benzene rings is 2. The Hall–Kier alpha value is -1.51. The molecule has 0 spiro atoms. The highest BCUT2D eigenvalue weighted by Crippen LogP contribution is 2.35. The van der Waals surface area contributed by atoms with E-state index >= 15 is 0 Å². The second kappa shape index (κ2) is 7.80. The lowest BCUT2D eigenvalue weighted by Crippen LogP contribution is -2.51. The summed E-state index contributed by atoms with van der Waals surface area (Å²) in [5.74, 6) is 0.769. The number of halogens is 1. The van der Waals surface area contributed by atoms with Gasteiger partial charge in [-0.25, -0.2) is 0 Å². The number of hydrogen-bond acceptors (Lipinski definition) is 2. The van der Waals surface area contributed by atoms with Crippen LogP contribution in [0.5, 0.6) is 0 Å². The summed E-state index contributed by atoms with van der Waals surface area (Å²) < 4.78 is 0. The lowest BCUT2D eigenvalue weighted by atomic mass is 9.81. The lowest BCUT2D eigenvalue weighted by Gasteiger charge is -2.42. The predicted molar refractivity (Wildman–Crippen MR) is 107 cm³/mol. The molecule has 0 N–H and O–H groups in total. The molecule has 132 valence electrons. The molecule has 0 unspecified atom stereocenters. The standard InChI is InChI=1S/C22H27ClN2/c23-20-7-4-8-22(17-20)25-15-13-24(14-16-25)21-11-9-19(10-12-21)18-5-2-1-3-6-18/h1-8,17,19,21H,9-16H2. The number of nitrogens with zero attached hydrogens (tertiary/aromatic N) is 2. The maximum atomic E-state index is 6.14. The molecule has 2 aromatic carbocycles. The van der Waals surface area contributed by atoms with Crippen LogP contribution in [0.3, 0.4) is 0 Å². The van der Waals surface area contributed by atoms with Crippen molar-refractivity contribution in [2.75, 3.05) is 31.1 Å². The highest BCUT2D eigenvalue weighted by atomic mass is 35.5. The molecule has 0 atom stereocenters. The van der Waals surface area contributed by atoms with Gasteiger partial charge in [0.25, 0.3) is 0 Å². The quantitative estimate of drug-likeness (QED) is 0.748. The highest BCUT2D eigenvalue weighted by Gasteiger charge is 2.28. The monoisotopic (exact) mass is 354 g/mol. The molecule has 1 aliphatic carbocycles. The smallest absolute Gasteiger partial charge is 0.0426 e. The molecule has 0 radical (unpaired) electrons. The zero-order valence-corrected chi connectivity index (χ0v) is 15.5. The third-order valence-electron chi connectivity index (χ3n) is 5.97. The summed E-state index contributed by atoms with van der Waals surface area (Å²) in [7, 11) is 0. The predicted octanol–water partition coefficient (Wildman–Crippen LogP) is 5.19. The van der Waals surface area contributed by atoms with Crippen LogP contribution in [0.2, 0.25) is 5.02 Å². The van der Waals surface area contributed by atoms with E-state index in [1.54, 1.807) is 0 Å². The van der Waals surface area contributed by atoms with E-state index in [2.05, 4.69) is 58.3 Å². The fourth-order valence-electron chi connectivity index (χ4n) is 4.52. The van der Waals surface area contributed by atoms with Crippen LogP contribution in [0.1, 0.15) is 37.2 Å². The summed E-state index contributed by atoms with van der Waals surface area (Å²) in [5.41, 5.74) is 2.80. The maximum Gasteiger partial charge on any atom is 0.0426 e. The van der Waals surface area contributed by atoms with Crippen LogP contribution >= 0.6 is 11.6 Å². The van der Waals surface area contributed by atoms with Crippen molar-refractivity contribution in [3.05, 3.63) is 65.2 Å². The molecule has 2 aliphatic rings. The van der Waals surface area contributed by atoms with E-state index < -0.39 is 0 Å². The number of hydrogen-bond donors (Lipinski definition) is 0. The molecule has 3 heteroatoms. The van der Waals surface area contributed by atoms with Gasteiger partial charge in [0.2, 0.25) is 0 Å². The van der Waals surface area contributed by atoms with Crippen molar-refractivity contribution in [3.63, 3.8) is 0 Å². The van der Waals surface area contributed by atoms with E-state index in [1.165, 1.54) is 50.0 Å². The van der Waals surface area contributed by atoms with Gasteiger partial charge in [0.05, 0.1) is 0 Å². The first-order valence-corrected chi connectivity index (χ1v) is 9.97. The van der Waals surface area contributed by atoms with Crippen molar-refractivity contribution >= 4 is 17.3 Å². The SMILES string of the molecule is Clc1cccc(N2CCN(C3CCC(c4ccccc4)CC3)CC2)c1. The van der Waals surface area contributed by atoms with Crippen LogP contribution in [0.15, 0.2) is 54.6 Å². The Balaban J connectivity index is 1.29. The van der Waals surface area contributed by atoms with E-state index in [4.69, 9.17) is 11.6 Å². The average Bonchev–Trinajstić information content (AvgIpc) is 2.69. The van der Waals surface area contributed by atoms with Gasteiger partial charge in [0.15, 0.2) is 0 Å². The van der Waals surface area contributed by atoms with Crippen LogP contribution in [0.4, 0.5) is 5.69 Å². The molecule has 1 saturated heterocycles. The van der Waals surface area contributed by atoms with Gasteiger partial charge < -0.3 is 4.90 Å². The van der Waals surface area contributed by atoms with E-state index in [9.17, 15) is 0 Å². The third kappa shape index (κ3) is 4.02. The molecular weight excluding hydrogens is 328 g/mol. The molecular formula is C22H27ClN2. The van der Waals surface area contributed by atoms with Gasteiger partial charge in [-0.2, -0.15) is 0 Å². The Morgan fingerprint density at radius 3 is 2.16 bits per heavy atom. The fraction of sp³-hybridized carbons (Fsp3) is 0.455.